The highest BCUT2D eigenvalue weighted by molar-refractivity contribution is 5.85. The molecule has 0 aliphatic carbocycles. The van der Waals surface area contributed by atoms with Crippen LogP contribution in [0.5, 0.6) is 0 Å². The van der Waals surface area contributed by atoms with E-state index in [4.69, 9.17) is 0 Å². The van der Waals surface area contributed by atoms with Crippen LogP contribution in [-0.2, 0) is 4.79 Å². The number of carbonyl (C=O) groups excluding carboxylic acids is 1. The molecule has 128 valence electrons. The van der Waals surface area contributed by atoms with Crippen molar-refractivity contribution in [1.82, 2.24) is 10.2 Å². The first-order valence-electron chi connectivity index (χ1n) is 8.91. The van der Waals surface area contributed by atoms with Crippen LogP contribution in [0.3, 0.4) is 0 Å². The van der Waals surface area contributed by atoms with Gasteiger partial charge in [-0.05, 0) is 69.7 Å². The quantitative estimate of drug-likeness (QED) is 0.898. The summed E-state index contributed by atoms with van der Waals surface area (Å²) in [6, 6.07) is 8.70. The highest BCUT2D eigenvalue weighted by atomic mass is 16.2. The van der Waals surface area contributed by atoms with Gasteiger partial charge < -0.3 is 5.32 Å². The molecule has 23 heavy (non-hydrogen) atoms. The number of benzene rings is 1. The zero-order valence-corrected chi connectivity index (χ0v) is 15.4. The molecule has 3 heteroatoms. The van der Waals surface area contributed by atoms with Gasteiger partial charge >= 0.3 is 0 Å². The maximum absolute atomic E-state index is 12.5. The largest absolute Gasteiger partial charge is 0.354 e. The lowest BCUT2D eigenvalue weighted by atomic mass is 9.85. The molecule has 1 amide bonds. The van der Waals surface area contributed by atoms with Crippen LogP contribution >= 0.6 is 0 Å². The van der Waals surface area contributed by atoms with E-state index in [1.807, 2.05) is 0 Å². The van der Waals surface area contributed by atoms with E-state index in [2.05, 4.69) is 69.1 Å². The third kappa shape index (κ3) is 4.35. The van der Waals surface area contributed by atoms with Gasteiger partial charge in [0, 0.05) is 6.54 Å². The molecule has 0 atom stereocenters. The van der Waals surface area contributed by atoms with Gasteiger partial charge in [-0.15, -0.1) is 0 Å². The Kier molecular flexibility index (Phi) is 5.85. The van der Waals surface area contributed by atoms with Gasteiger partial charge in [0.05, 0.1) is 5.54 Å². The summed E-state index contributed by atoms with van der Waals surface area (Å²) in [5, 5.41) is 3.09. The normalized spacial score (nSPS) is 17.5. The van der Waals surface area contributed by atoms with Crippen molar-refractivity contribution in [3.63, 3.8) is 0 Å². The van der Waals surface area contributed by atoms with Gasteiger partial charge in [0.15, 0.2) is 0 Å². The number of amides is 1. The summed E-state index contributed by atoms with van der Waals surface area (Å²) < 4.78 is 0. The molecule has 1 saturated heterocycles. The lowest BCUT2D eigenvalue weighted by Crippen LogP contribution is -2.57. The summed E-state index contributed by atoms with van der Waals surface area (Å²) in [7, 11) is 0. The first kappa shape index (κ1) is 18.0. The van der Waals surface area contributed by atoms with E-state index in [1.54, 1.807) is 0 Å². The highest BCUT2D eigenvalue weighted by Crippen LogP contribution is 2.32. The van der Waals surface area contributed by atoms with Crippen LogP contribution in [0.4, 0.5) is 0 Å². The standard InChI is InChI=1S/C20H32N2O/c1-15(2)14-21-19(23)20(4,5)22-12-10-17(11-13-22)18-9-7-6-8-16(18)3/h6-9,15,17H,10-14H2,1-5H3,(H,21,23). The zero-order chi connectivity index (χ0) is 17.0. The van der Waals surface area contributed by atoms with E-state index < -0.39 is 5.54 Å². The van der Waals surface area contributed by atoms with E-state index in [0.717, 1.165) is 32.5 Å². The Morgan fingerprint density at radius 2 is 1.87 bits per heavy atom. The topological polar surface area (TPSA) is 32.3 Å². The molecule has 0 aromatic heterocycles. The van der Waals surface area contributed by atoms with Crippen molar-refractivity contribution in [2.45, 2.75) is 58.9 Å². The van der Waals surface area contributed by atoms with Gasteiger partial charge in [-0.1, -0.05) is 38.1 Å². The van der Waals surface area contributed by atoms with Gasteiger partial charge in [0.2, 0.25) is 5.91 Å². The number of nitrogens with one attached hydrogen (secondary N) is 1. The molecule has 1 aromatic carbocycles. The summed E-state index contributed by atoms with van der Waals surface area (Å²) in [6.07, 6.45) is 2.26. The molecule has 1 aromatic rings. The minimum absolute atomic E-state index is 0.153. The Bertz CT molecular complexity index is 528. The Labute approximate surface area is 141 Å². The SMILES string of the molecule is Cc1ccccc1C1CCN(C(C)(C)C(=O)NCC(C)C)CC1. The molecule has 1 fully saturated rings. The molecule has 1 aliphatic rings. The number of hydrogen-bond acceptors (Lipinski definition) is 2. The minimum Gasteiger partial charge on any atom is -0.354 e. The molecule has 1 heterocycles. The van der Waals surface area contributed by atoms with Gasteiger partial charge in [-0.2, -0.15) is 0 Å². The maximum Gasteiger partial charge on any atom is 0.239 e. The number of nitrogens with zero attached hydrogens (tertiary/aromatic N) is 1. The van der Waals surface area contributed by atoms with Crippen molar-refractivity contribution >= 4 is 5.91 Å². The van der Waals surface area contributed by atoms with E-state index >= 15 is 0 Å². The van der Waals surface area contributed by atoms with Crippen molar-refractivity contribution in [2.24, 2.45) is 5.92 Å². The van der Waals surface area contributed by atoms with E-state index in [1.165, 1.54) is 11.1 Å². The summed E-state index contributed by atoms with van der Waals surface area (Å²) in [5.41, 5.74) is 2.44. The molecule has 0 bridgehead atoms. The predicted molar refractivity (Wildman–Crippen MR) is 96.7 cm³/mol. The summed E-state index contributed by atoms with van der Waals surface area (Å²) in [5.74, 6) is 1.27. The summed E-state index contributed by atoms with van der Waals surface area (Å²) >= 11 is 0. The maximum atomic E-state index is 12.5. The average Bonchev–Trinajstić information content (AvgIpc) is 2.53. The van der Waals surface area contributed by atoms with Crippen molar-refractivity contribution in [3.05, 3.63) is 35.4 Å². The van der Waals surface area contributed by atoms with E-state index in [9.17, 15) is 4.79 Å². The summed E-state index contributed by atoms with van der Waals surface area (Å²) in [6.45, 7) is 13.3. The molecule has 1 aliphatic heterocycles. The molecular formula is C20H32N2O. The Hall–Kier alpha value is -1.35. The first-order chi connectivity index (χ1) is 10.8. The van der Waals surface area contributed by atoms with Gasteiger partial charge in [-0.3, -0.25) is 9.69 Å². The van der Waals surface area contributed by atoms with Crippen LogP contribution in [0.15, 0.2) is 24.3 Å². The van der Waals surface area contributed by atoms with Crippen LogP contribution < -0.4 is 5.32 Å². The number of hydrogen-bond donors (Lipinski definition) is 1. The fraction of sp³-hybridized carbons (Fsp3) is 0.650. The molecule has 0 spiro atoms. The molecule has 2 rings (SSSR count). The number of aryl methyl sites for hydroxylation is 1. The van der Waals surface area contributed by atoms with Gasteiger partial charge in [0.1, 0.15) is 0 Å². The van der Waals surface area contributed by atoms with E-state index in [0.29, 0.717) is 11.8 Å². The summed E-state index contributed by atoms with van der Waals surface area (Å²) in [4.78, 5) is 14.9. The highest BCUT2D eigenvalue weighted by Gasteiger charge is 2.36. The number of carbonyl (C=O) groups is 1. The van der Waals surface area contributed by atoms with Crippen molar-refractivity contribution in [3.8, 4) is 0 Å². The molecule has 0 unspecified atom stereocenters. The first-order valence-corrected chi connectivity index (χ1v) is 8.91. The van der Waals surface area contributed by atoms with Gasteiger partial charge in [-0.25, -0.2) is 0 Å². The van der Waals surface area contributed by atoms with Crippen molar-refractivity contribution in [2.75, 3.05) is 19.6 Å². The molecular weight excluding hydrogens is 284 g/mol. The second-order valence-corrected chi connectivity index (χ2v) is 7.78. The third-order valence-electron chi connectivity index (χ3n) is 5.14. The molecule has 3 nitrogen and oxygen atoms in total. The minimum atomic E-state index is -0.425. The number of piperidine rings is 1. The zero-order valence-electron chi connectivity index (χ0n) is 15.4. The number of rotatable bonds is 5. The fourth-order valence-corrected chi connectivity index (χ4v) is 3.45. The molecule has 0 saturated carbocycles. The van der Waals surface area contributed by atoms with Crippen LogP contribution in [0.25, 0.3) is 0 Å². The van der Waals surface area contributed by atoms with Crippen LogP contribution in [0.2, 0.25) is 0 Å². The second-order valence-electron chi connectivity index (χ2n) is 7.78. The lowest BCUT2D eigenvalue weighted by Gasteiger charge is -2.42. The lowest BCUT2D eigenvalue weighted by molar-refractivity contribution is -0.132. The Morgan fingerprint density at radius 3 is 2.43 bits per heavy atom. The third-order valence-corrected chi connectivity index (χ3v) is 5.14. The van der Waals surface area contributed by atoms with Crippen LogP contribution in [0, 0.1) is 12.8 Å². The Morgan fingerprint density at radius 1 is 1.26 bits per heavy atom. The Balaban J connectivity index is 1.95. The van der Waals surface area contributed by atoms with Gasteiger partial charge in [0.25, 0.3) is 0 Å². The fourth-order valence-electron chi connectivity index (χ4n) is 3.45. The number of likely N-dealkylation sites (tertiary alicyclic amines) is 1. The van der Waals surface area contributed by atoms with Crippen LogP contribution in [-0.4, -0.2) is 36.0 Å². The molecule has 0 radical (unpaired) electrons. The van der Waals surface area contributed by atoms with Crippen LogP contribution in [0.1, 0.15) is 57.6 Å². The van der Waals surface area contributed by atoms with Crippen molar-refractivity contribution < 1.29 is 4.79 Å². The van der Waals surface area contributed by atoms with Crippen molar-refractivity contribution in [1.29, 1.82) is 0 Å². The average molecular weight is 316 g/mol. The monoisotopic (exact) mass is 316 g/mol. The molecule has 1 N–H and O–H groups in total. The second kappa shape index (κ2) is 7.48. The predicted octanol–water partition coefficient (Wildman–Crippen LogP) is 3.73. The smallest absolute Gasteiger partial charge is 0.239 e. The van der Waals surface area contributed by atoms with E-state index in [-0.39, 0.29) is 5.91 Å².